The van der Waals surface area contributed by atoms with Crippen LogP contribution in [0, 0.1) is 0 Å². The molecule has 6 rings (SSSR count). The van der Waals surface area contributed by atoms with Crippen molar-refractivity contribution in [3.63, 3.8) is 0 Å². The summed E-state index contributed by atoms with van der Waals surface area (Å²) < 4.78 is 81.6. The molecular formula is C35H22Br2F6OS2. The van der Waals surface area contributed by atoms with Gasteiger partial charge in [0.15, 0.2) is 5.78 Å². The van der Waals surface area contributed by atoms with E-state index in [1.54, 1.807) is 72.8 Å². The molecule has 46 heavy (non-hydrogen) atoms. The Morgan fingerprint density at radius 1 is 0.500 bits per heavy atom. The van der Waals surface area contributed by atoms with Crippen molar-refractivity contribution in [1.29, 1.82) is 0 Å². The highest BCUT2D eigenvalue weighted by Crippen LogP contribution is 2.68. The third-order valence-electron chi connectivity index (χ3n) is 7.96. The fourth-order valence-electron chi connectivity index (χ4n) is 5.86. The molecule has 0 spiro atoms. The minimum atomic E-state index is -4.86. The number of hydrogen-bond acceptors (Lipinski definition) is 3. The summed E-state index contributed by atoms with van der Waals surface area (Å²) in [6.07, 6.45) is -3.72. The van der Waals surface area contributed by atoms with E-state index in [4.69, 9.17) is 0 Å². The fraction of sp³-hybridized carbons (Fsp3) is 0.171. The van der Waals surface area contributed by atoms with Gasteiger partial charge < -0.3 is 0 Å². The quantitative estimate of drug-likeness (QED) is 0.110. The van der Waals surface area contributed by atoms with Gasteiger partial charge in [0.2, 0.25) is 0 Å². The lowest BCUT2D eigenvalue weighted by molar-refractivity contribution is -0.139. The Labute approximate surface area is 286 Å². The Balaban J connectivity index is 1.64. The SMILES string of the molecule is O=C(C1(c2ccccc2C(F)(F)F)C=CC(Br)(c2ccccc2)S1)C1(c2ccccc2C(F)(F)F)C=CC(Br)(c2ccccc2)S1. The fourth-order valence-corrected chi connectivity index (χ4v) is 11.3. The first-order valence-electron chi connectivity index (χ1n) is 13.8. The van der Waals surface area contributed by atoms with Gasteiger partial charge in [0.05, 0.1) is 11.1 Å². The van der Waals surface area contributed by atoms with Gasteiger partial charge in [-0.1, -0.05) is 153 Å². The van der Waals surface area contributed by atoms with E-state index in [1.165, 1.54) is 48.6 Å². The summed E-state index contributed by atoms with van der Waals surface area (Å²) in [6, 6.07) is 27.1. The van der Waals surface area contributed by atoms with Crippen LogP contribution in [-0.4, -0.2) is 5.78 Å². The molecule has 4 atom stereocenters. The number of Topliss-reactive ketones (excluding diaryl/α,β-unsaturated/α-hetero) is 1. The Morgan fingerprint density at radius 2 is 0.826 bits per heavy atom. The summed E-state index contributed by atoms with van der Waals surface area (Å²) >= 11 is 9.19. The molecule has 11 heteroatoms. The van der Waals surface area contributed by atoms with Gasteiger partial charge in [0, 0.05) is 0 Å². The molecular weight excluding hydrogens is 774 g/mol. The second-order valence-electron chi connectivity index (χ2n) is 10.8. The van der Waals surface area contributed by atoms with E-state index in [2.05, 4.69) is 31.9 Å². The van der Waals surface area contributed by atoms with Crippen LogP contribution in [0.5, 0.6) is 0 Å². The van der Waals surface area contributed by atoms with Crippen LogP contribution in [0.25, 0.3) is 0 Å². The first-order valence-corrected chi connectivity index (χ1v) is 17.0. The Kier molecular flexibility index (Phi) is 8.48. The molecule has 0 amide bonds. The number of halogens is 8. The molecule has 2 heterocycles. The van der Waals surface area contributed by atoms with Gasteiger partial charge in [-0.2, -0.15) is 26.3 Å². The topological polar surface area (TPSA) is 17.1 Å². The van der Waals surface area contributed by atoms with Crippen LogP contribution in [0.2, 0.25) is 0 Å². The second kappa shape index (κ2) is 11.8. The first kappa shape index (κ1) is 33.2. The monoisotopic (exact) mass is 794 g/mol. The van der Waals surface area contributed by atoms with Crippen molar-refractivity contribution in [2.75, 3.05) is 0 Å². The minimum absolute atomic E-state index is 0.365. The van der Waals surface area contributed by atoms with Crippen LogP contribution in [0.3, 0.4) is 0 Å². The molecule has 0 saturated carbocycles. The number of benzene rings is 4. The lowest BCUT2D eigenvalue weighted by Crippen LogP contribution is -2.45. The van der Waals surface area contributed by atoms with Gasteiger partial charge in [-0.25, -0.2) is 0 Å². The van der Waals surface area contributed by atoms with E-state index in [-0.39, 0.29) is 11.1 Å². The van der Waals surface area contributed by atoms with Crippen molar-refractivity contribution in [3.05, 3.63) is 167 Å². The van der Waals surface area contributed by atoms with Crippen LogP contribution in [0.4, 0.5) is 26.3 Å². The van der Waals surface area contributed by atoms with Gasteiger partial charge in [-0.05, 0) is 34.4 Å². The first-order chi connectivity index (χ1) is 21.6. The highest BCUT2D eigenvalue weighted by molar-refractivity contribution is 9.11. The maximum Gasteiger partial charge on any atom is 0.416 e. The van der Waals surface area contributed by atoms with Crippen LogP contribution in [0.15, 0.2) is 133 Å². The van der Waals surface area contributed by atoms with Crippen molar-refractivity contribution < 1.29 is 31.1 Å². The summed E-state index contributed by atoms with van der Waals surface area (Å²) in [5.41, 5.74) is -1.54. The summed E-state index contributed by atoms with van der Waals surface area (Å²) in [4.78, 5) is 15.6. The van der Waals surface area contributed by atoms with Crippen molar-refractivity contribution in [3.8, 4) is 0 Å². The van der Waals surface area contributed by atoms with Crippen LogP contribution >= 0.6 is 55.4 Å². The molecule has 0 radical (unpaired) electrons. The maximum atomic E-state index is 15.6. The molecule has 0 N–H and O–H groups in total. The summed E-state index contributed by atoms with van der Waals surface area (Å²) in [5.74, 6) is -0.856. The molecule has 4 unspecified atom stereocenters. The zero-order valence-corrected chi connectivity index (χ0v) is 28.3. The Hall–Kier alpha value is -2.73. The molecule has 236 valence electrons. The molecule has 4 aromatic carbocycles. The number of carbonyl (C=O) groups excluding carboxylic acids is 1. The molecule has 2 aliphatic heterocycles. The second-order valence-corrected chi connectivity index (χ2v) is 17.3. The molecule has 4 aromatic rings. The molecule has 0 fully saturated rings. The third-order valence-corrected chi connectivity index (χ3v) is 13.4. The highest BCUT2D eigenvalue weighted by Gasteiger charge is 2.62. The maximum absolute atomic E-state index is 15.6. The number of ketones is 1. The van der Waals surface area contributed by atoms with E-state index in [0.717, 1.165) is 35.7 Å². The Morgan fingerprint density at radius 3 is 1.17 bits per heavy atom. The van der Waals surface area contributed by atoms with Crippen molar-refractivity contribution in [2.24, 2.45) is 0 Å². The standard InChI is InChI=1S/C35H22Br2F6OS2/c36-32(23-11-3-1-4-12-23)21-19-30(45-32,25-15-7-9-17-27(25)34(38,39)40)29(44)31(26-16-8-10-18-28(26)35(41,42)43)20-22-33(37,46-31)24-13-5-2-6-14-24/h1-22H. The zero-order valence-electron chi connectivity index (χ0n) is 23.5. The van der Waals surface area contributed by atoms with E-state index < -0.39 is 46.1 Å². The van der Waals surface area contributed by atoms with Crippen molar-refractivity contribution >= 4 is 61.2 Å². The predicted octanol–water partition coefficient (Wildman–Crippen LogP) is 11.5. The molecule has 0 aromatic heterocycles. The van der Waals surface area contributed by atoms with Crippen LogP contribution < -0.4 is 0 Å². The van der Waals surface area contributed by atoms with Gasteiger partial charge in [-0.15, -0.1) is 23.5 Å². The van der Waals surface area contributed by atoms with Gasteiger partial charge >= 0.3 is 12.4 Å². The number of hydrogen-bond donors (Lipinski definition) is 0. The van der Waals surface area contributed by atoms with Crippen molar-refractivity contribution in [1.82, 2.24) is 0 Å². The van der Waals surface area contributed by atoms with Crippen molar-refractivity contribution in [2.45, 2.75) is 29.2 Å². The average Bonchev–Trinajstić information content (AvgIpc) is 3.61. The molecule has 0 bridgehead atoms. The summed E-state index contributed by atoms with van der Waals surface area (Å²) in [6.45, 7) is 0. The van der Waals surface area contributed by atoms with E-state index in [9.17, 15) is 26.3 Å². The smallest absolute Gasteiger partial charge is 0.295 e. The number of alkyl halides is 8. The number of carbonyl (C=O) groups is 1. The molecule has 0 saturated heterocycles. The van der Waals surface area contributed by atoms with E-state index >= 15 is 4.79 Å². The average molecular weight is 796 g/mol. The zero-order chi connectivity index (χ0) is 33.0. The summed E-state index contributed by atoms with van der Waals surface area (Å²) in [7, 11) is 0. The molecule has 0 aliphatic carbocycles. The van der Waals surface area contributed by atoms with Gasteiger partial charge in [-0.3, -0.25) is 4.79 Å². The Bertz CT molecular complexity index is 1710. The molecule has 2 aliphatic rings. The summed E-state index contributed by atoms with van der Waals surface area (Å²) in [5, 5.41) is 0. The normalized spacial score (nSPS) is 27.7. The number of rotatable bonds is 6. The van der Waals surface area contributed by atoms with E-state index in [1.807, 2.05) is 0 Å². The lowest BCUT2D eigenvalue weighted by atomic mass is 9.78. The van der Waals surface area contributed by atoms with Crippen LogP contribution in [0.1, 0.15) is 33.4 Å². The van der Waals surface area contributed by atoms with E-state index in [0.29, 0.717) is 11.1 Å². The third kappa shape index (κ3) is 5.61. The lowest BCUT2D eigenvalue weighted by Gasteiger charge is -2.40. The molecule has 1 nitrogen and oxygen atoms in total. The predicted molar refractivity (Wildman–Crippen MR) is 179 cm³/mol. The van der Waals surface area contributed by atoms with Gasteiger partial charge in [0.25, 0.3) is 0 Å². The number of thioether (sulfide) groups is 2. The highest BCUT2D eigenvalue weighted by atomic mass is 79.9. The van der Waals surface area contributed by atoms with Gasteiger partial charge in [0.1, 0.15) is 16.8 Å². The largest absolute Gasteiger partial charge is 0.416 e. The minimum Gasteiger partial charge on any atom is -0.295 e. The van der Waals surface area contributed by atoms with Crippen LogP contribution in [-0.2, 0) is 34.0 Å².